The van der Waals surface area contributed by atoms with Gasteiger partial charge >= 0.3 is 0 Å². The summed E-state index contributed by atoms with van der Waals surface area (Å²) in [5, 5.41) is 0. The monoisotopic (exact) mass is 360 g/mol. The largest absolute Gasteiger partial charge is 0.367 e. The van der Waals surface area contributed by atoms with Gasteiger partial charge in [0.1, 0.15) is 12.2 Å². The topological polar surface area (TPSA) is 65.2 Å². The summed E-state index contributed by atoms with van der Waals surface area (Å²) in [6, 6.07) is 22.1. The number of carbonyl (C=O) groups excluding carboxylic acids is 1. The summed E-state index contributed by atoms with van der Waals surface area (Å²) in [6.45, 7) is 2.01. The summed E-state index contributed by atoms with van der Waals surface area (Å²) in [5.74, 6) is -0.425. The number of nitrogens with zero attached hydrogens (tertiary/aromatic N) is 1. The molecule has 4 nitrogen and oxygen atoms in total. The molecular formula is C23H24N2O2. The molecule has 4 heteroatoms. The third-order valence-corrected chi connectivity index (χ3v) is 4.50. The molecule has 0 saturated carbocycles. The van der Waals surface area contributed by atoms with E-state index in [1.807, 2.05) is 61.5 Å². The van der Waals surface area contributed by atoms with Crippen LogP contribution in [-0.2, 0) is 9.53 Å². The first-order valence-electron chi connectivity index (χ1n) is 9.19. The van der Waals surface area contributed by atoms with Gasteiger partial charge in [0.2, 0.25) is 5.91 Å². The molecule has 1 heterocycles. The highest BCUT2D eigenvalue weighted by molar-refractivity contribution is 5.78. The average Bonchev–Trinajstić information content (AvgIpc) is 2.72. The van der Waals surface area contributed by atoms with Gasteiger partial charge in [-0.05, 0) is 40.8 Å². The van der Waals surface area contributed by atoms with Crippen molar-refractivity contribution in [3.05, 3.63) is 90.3 Å². The molecule has 0 saturated heterocycles. The Morgan fingerprint density at radius 1 is 0.926 bits per heavy atom. The van der Waals surface area contributed by atoms with Crippen LogP contribution in [0, 0.1) is 0 Å². The van der Waals surface area contributed by atoms with Crippen LogP contribution in [0.15, 0.2) is 79.1 Å². The average molecular weight is 360 g/mol. The van der Waals surface area contributed by atoms with E-state index in [0.29, 0.717) is 6.42 Å². The molecule has 3 aromatic rings. The van der Waals surface area contributed by atoms with Crippen molar-refractivity contribution in [2.24, 2.45) is 5.73 Å². The van der Waals surface area contributed by atoms with Crippen molar-refractivity contribution in [2.75, 3.05) is 0 Å². The Balaban J connectivity index is 1.92. The quantitative estimate of drug-likeness (QED) is 0.643. The normalized spacial score (nSPS) is 13.1. The fraction of sp³-hybridized carbons (Fsp3) is 0.217. The summed E-state index contributed by atoms with van der Waals surface area (Å²) in [4.78, 5) is 15.9. The number of aromatic nitrogens is 1. The number of rotatable bonds is 8. The zero-order chi connectivity index (χ0) is 19.1. The van der Waals surface area contributed by atoms with E-state index in [-0.39, 0.29) is 6.10 Å². The molecule has 2 atom stereocenters. The number of nitrogens with two attached hydrogens (primary N) is 1. The van der Waals surface area contributed by atoms with Gasteiger partial charge in [-0.1, -0.05) is 67.9 Å². The predicted octanol–water partition coefficient (Wildman–Crippen LogP) is 4.51. The van der Waals surface area contributed by atoms with E-state index in [1.165, 1.54) is 0 Å². The summed E-state index contributed by atoms with van der Waals surface area (Å²) >= 11 is 0. The Morgan fingerprint density at radius 2 is 1.52 bits per heavy atom. The van der Waals surface area contributed by atoms with E-state index in [9.17, 15) is 4.79 Å². The number of amides is 1. The van der Waals surface area contributed by atoms with Gasteiger partial charge in [-0.15, -0.1) is 0 Å². The molecule has 0 bridgehead atoms. The van der Waals surface area contributed by atoms with Crippen molar-refractivity contribution >= 4 is 5.91 Å². The van der Waals surface area contributed by atoms with E-state index < -0.39 is 12.0 Å². The van der Waals surface area contributed by atoms with Crippen LogP contribution < -0.4 is 5.73 Å². The molecule has 1 aromatic heterocycles. The molecule has 0 aliphatic carbocycles. The van der Waals surface area contributed by atoms with Crippen molar-refractivity contribution in [1.29, 1.82) is 0 Å². The zero-order valence-corrected chi connectivity index (χ0v) is 15.4. The summed E-state index contributed by atoms with van der Waals surface area (Å²) < 4.78 is 6.19. The Morgan fingerprint density at radius 3 is 2.11 bits per heavy atom. The van der Waals surface area contributed by atoms with Crippen LogP contribution in [0.25, 0.3) is 11.1 Å². The van der Waals surface area contributed by atoms with Gasteiger partial charge in [-0.3, -0.25) is 9.78 Å². The van der Waals surface area contributed by atoms with Crippen LogP contribution >= 0.6 is 0 Å². The molecule has 2 unspecified atom stereocenters. The fourth-order valence-electron chi connectivity index (χ4n) is 3.08. The number of benzene rings is 2. The number of ether oxygens (including phenoxy) is 1. The van der Waals surface area contributed by atoms with Crippen LogP contribution in [0.2, 0.25) is 0 Å². The SMILES string of the molecule is CCCC(OC(c1ccccc1)c1ccc(-c2ccncc2)cc1)C(N)=O. The standard InChI is InChI=1S/C23H24N2O2/c1-2-6-21(23(24)26)27-22(19-7-4-3-5-8-19)20-11-9-17(10-12-20)18-13-15-25-16-14-18/h3-5,7-16,21-22H,2,6H2,1H3,(H2,24,26). The maximum Gasteiger partial charge on any atom is 0.246 e. The molecule has 0 aliphatic rings. The number of pyridine rings is 1. The van der Waals surface area contributed by atoms with Crippen LogP contribution in [0.1, 0.15) is 37.0 Å². The van der Waals surface area contributed by atoms with E-state index in [1.54, 1.807) is 12.4 Å². The lowest BCUT2D eigenvalue weighted by molar-refractivity contribution is -0.132. The molecule has 0 fully saturated rings. The molecule has 0 aliphatic heterocycles. The molecule has 0 radical (unpaired) electrons. The lowest BCUT2D eigenvalue weighted by Gasteiger charge is -2.24. The lowest BCUT2D eigenvalue weighted by atomic mass is 9.98. The van der Waals surface area contributed by atoms with Crippen LogP contribution in [0.3, 0.4) is 0 Å². The minimum absolute atomic E-state index is 0.346. The van der Waals surface area contributed by atoms with E-state index in [4.69, 9.17) is 10.5 Å². The zero-order valence-electron chi connectivity index (χ0n) is 15.4. The highest BCUT2D eigenvalue weighted by Crippen LogP contribution is 2.30. The van der Waals surface area contributed by atoms with Gasteiger partial charge < -0.3 is 10.5 Å². The predicted molar refractivity (Wildman–Crippen MR) is 107 cm³/mol. The van der Waals surface area contributed by atoms with E-state index in [0.717, 1.165) is 28.7 Å². The Labute approximate surface area is 160 Å². The number of hydrogen-bond acceptors (Lipinski definition) is 3. The molecule has 2 aromatic carbocycles. The van der Waals surface area contributed by atoms with Crippen molar-refractivity contribution in [1.82, 2.24) is 4.98 Å². The third kappa shape index (κ3) is 4.80. The van der Waals surface area contributed by atoms with Crippen molar-refractivity contribution in [3.8, 4) is 11.1 Å². The van der Waals surface area contributed by atoms with E-state index >= 15 is 0 Å². The van der Waals surface area contributed by atoms with E-state index in [2.05, 4.69) is 17.1 Å². The summed E-state index contributed by atoms with van der Waals surface area (Å²) in [6.07, 6.45) is 4.04. The maximum atomic E-state index is 11.8. The smallest absolute Gasteiger partial charge is 0.246 e. The molecule has 1 amide bonds. The Kier molecular flexibility index (Phi) is 6.34. The summed E-state index contributed by atoms with van der Waals surface area (Å²) in [5.41, 5.74) is 9.75. The first-order valence-corrected chi connectivity index (χ1v) is 9.19. The van der Waals surface area contributed by atoms with Gasteiger partial charge in [0.25, 0.3) is 0 Å². The number of primary amides is 1. The van der Waals surface area contributed by atoms with Gasteiger partial charge in [0, 0.05) is 12.4 Å². The van der Waals surface area contributed by atoms with Gasteiger partial charge in [-0.25, -0.2) is 0 Å². The van der Waals surface area contributed by atoms with Crippen molar-refractivity contribution in [2.45, 2.75) is 32.0 Å². The number of hydrogen-bond donors (Lipinski definition) is 1. The second-order valence-corrected chi connectivity index (χ2v) is 6.46. The molecule has 0 spiro atoms. The van der Waals surface area contributed by atoms with Gasteiger partial charge in [-0.2, -0.15) is 0 Å². The van der Waals surface area contributed by atoms with Crippen LogP contribution in [0.4, 0.5) is 0 Å². The minimum atomic E-state index is -0.611. The third-order valence-electron chi connectivity index (χ3n) is 4.50. The highest BCUT2D eigenvalue weighted by atomic mass is 16.5. The first-order chi connectivity index (χ1) is 13.2. The second kappa shape index (κ2) is 9.10. The molecular weight excluding hydrogens is 336 g/mol. The van der Waals surface area contributed by atoms with Crippen molar-refractivity contribution < 1.29 is 9.53 Å². The van der Waals surface area contributed by atoms with Crippen molar-refractivity contribution in [3.63, 3.8) is 0 Å². The number of carbonyl (C=O) groups is 1. The fourth-order valence-corrected chi connectivity index (χ4v) is 3.08. The van der Waals surface area contributed by atoms with Crippen LogP contribution in [-0.4, -0.2) is 17.0 Å². The first kappa shape index (κ1) is 18.8. The molecule has 2 N–H and O–H groups in total. The maximum absolute atomic E-state index is 11.8. The van der Waals surface area contributed by atoms with Gasteiger partial charge in [0.05, 0.1) is 0 Å². The summed E-state index contributed by atoms with van der Waals surface area (Å²) in [7, 11) is 0. The Bertz CT molecular complexity index is 849. The van der Waals surface area contributed by atoms with Gasteiger partial charge in [0.15, 0.2) is 0 Å². The molecule has 138 valence electrons. The second-order valence-electron chi connectivity index (χ2n) is 6.46. The lowest BCUT2D eigenvalue weighted by Crippen LogP contribution is -2.32. The molecule has 27 heavy (non-hydrogen) atoms. The highest BCUT2D eigenvalue weighted by Gasteiger charge is 2.23. The minimum Gasteiger partial charge on any atom is -0.367 e. The van der Waals surface area contributed by atoms with Crippen LogP contribution in [0.5, 0.6) is 0 Å². The molecule has 3 rings (SSSR count). The Hall–Kier alpha value is -2.98.